The highest BCUT2D eigenvalue weighted by Gasteiger charge is 2.39. The number of hydrogen-bond acceptors (Lipinski definition) is 4. The second-order valence-electron chi connectivity index (χ2n) is 5.72. The molecule has 0 radical (unpaired) electrons. The van der Waals surface area contributed by atoms with Gasteiger partial charge in [-0.25, -0.2) is 8.42 Å². The quantitative estimate of drug-likeness (QED) is 0.643. The van der Waals surface area contributed by atoms with E-state index in [1.807, 2.05) is 25.1 Å². The summed E-state index contributed by atoms with van der Waals surface area (Å²) in [7, 11) is -2.98. The number of rotatable bonds is 6. The van der Waals surface area contributed by atoms with Gasteiger partial charge in [-0.15, -0.1) is 11.8 Å². The number of hydrogen-bond donors (Lipinski definition) is 1. The molecule has 1 amide bonds. The summed E-state index contributed by atoms with van der Waals surface area (Å²) in [5.41, 5.74) is -0.581. The van der Waals surface area contributed by atoms with Crippen molar-refractivity contribution in [2.45, 2.75) is 36.6 Å². The monoisotopic (exact) mass is 327 g/mol. The summed E-state index contributed by atoms with van der Waals surface area (Å²) in [5, 5.41) is 2.88. The van der Waals surface area contributed by atoms with Gasteiger partial charge in [0.1, 0.15) is 0 Å². The summed E-state index contributed by atoms with van der Waals surface area (Å²) in [6.07, 6.45) is 1.74. The third-order valence-corrected chi connectivity index (χ3v) is 6.51. The smallest absolute Gasteiger partial charge is 0.220 e. The molecule has 1 aromatic carbocycles. The van der Waals surface area contributed by atoms with E-state index in [-0.39, 0.29) is 17.4 Å². The van der Waals surface area contributed by atoms with Gasteiger partial charge in [-0.05, 0) is 37.7 Å². The number of benzene rings is 1. The summed E-state index contributed by atoms with van der Waals surface area (Å²) >= 11 is 1.73. The van der Waals surface area contributed by atoms with Crippen molar-refractivity contribution in [1.29, 1.82) is 0 Å². The van der Waals surface area contributed by atoms with E-state index in [0.29, 0.717) is 12.8 Å². The summed E-state index contributed by atoms with van der Waals surface area (Å²) in [4.78, 5) is 13.1. The Morgan fingerprint density at radius 2 is 2.05 bits per heavy atom. The highest BCUT2D eigenvalue weighted by Crippen LogP contribution is 2.23. The molecule has 0 aliphatic carbocycles. The van der Waals surface area contributed by atoms with E-state index in [4.69, 9.17) is 0 Å². The largest absolute Gasteiger partial charge is 0.350 e. The topological polar surface area (TPSA) is 63.2 Å². The van der Waals surface area contributed by atoms with E-state index in [1.54, 1.807) is 11.8 Å². The molecule has 0 aromatic heterocycles. The zero-order chi connectivity index (χ0) is 15.3. The Hall–Kier alpha value is -1.01. The van der Waals surface area contributed by atoms with Crippen molar-refractivity contribution in [3.05, 3.63) is 30.3 Å². The van der Waals surface area contributed by atoms with Gasteiger partial charge in [0.25, 0.3) is 0 Å². The molecule has 4 nitrogen and oxygen atoms in total. The minimum atomic E-state index is -2.98. The molecular weight excluding hydrogens is 306 g/mol. The lowest BCUT2D eigenvalue weighted by atomic mass is 10.0. The fourth-order valence-corrected chi connectivity index (χ4v) is 5.41. The lowest BCUT2D eigenvalue weighted by molar-refractivity contribution is -0.122. The predicted molar refractivity (Wildman–Crippen MR) is 86.2 cm³/mol. The van der Waals surface area contributed by atoms with Gasteiger partial charge >= 0.3 is 0 Å². The SMILES string of the molecule is C[C@]1(NC(=O)CCCSc2ccccc2)CCS(=O)(=O)C1. The number of nitrogens with one attached hydrogen (secondary N) is 1. The minimum absolute atomic E-state index is 0.0525. The second kappa shape index (κ2) is 6.83. The van der Waals surface area contributed by atoms with Crippen LogP contribution in [0, 0.1) is 0 Å². The van der Waals surface area contributed by atoms with Crippen LogP contribution in [0.5, 0.6) is 0 Å². The molecule has 0 bridgehead atoms. The van der Waals surface area contributed by atoms with Crippen molar-refractivity contribution in [2.75, 3.05) is 17.3 Å². The first-order chi connectivity index (χ1) is 9.89. The third kappa shape index (κ3) is 5.36. The van der Waals surface area contributed by atoms with Gasteiger partial charge in [-0.2, -0.15) is 0 Å². The zero-order valence-corrected chi connectivity index (χ0v) is 13.8. The number of thioether (sulfide) groups is 1. The summed E-state index contributed by atoms with van der Waals surface area (Å²) in [6.45, 7) is 1.81. The molecule has 1 aliphatic rings. The number of sulfone groups is 1. The predicted octanol–water partition coefficient (Wildman–Crippen LogP) is 2.25. The van der Waals surface area contributed by atoms with E-state index < -0.39 is 15.4 Å². The molecule has 1 saturated heterocycles. The van der Waals surface area contributed by atoms with E-state index in [9.17, 15) is 13.2 Å². The first kappa shape index (κ1) is 16.4. The summed E-state index contributed by atoms with van der Waals surface area (Å²) in [6, 6.07) is 10.1. The maximum absolute atomic E-state index is 11.9. The fraction of sp³-hybridized carbons (Fsp3) is 0.533. The van der Waals surface area contributed by atoms with Crippen LogP contribution >= 0.6 is 11.8 Å². The van der Waals surface area contributed by atoms with Gasteiger partial charge in [-0.3, -0.25) is 4.79 Å². The normalized spacial score (nSPS) is 23.9. The van der Waals surface area contributed by atoms with E-state index in [1.165, 1.54) is 4.90 Å². The zero-order valence-electron chi connectivity index (χ0n) is 12.2. The van der Waals surface area contributed by atoms with Crippen LogP contribution in [0.3, 0.4) is 0 Å². The van der Waals surface area contributed by atoms with Gasteiger partial charge in [-0.1, -0.05) is 18.2 Å². The molecule has 0 saturated carbocycles. The molecule has 6 heteroatoms. The first-order valence-electron chi connectivity index (χ1n) is 7.08. The lowest BCUT2D eigenvalue weighted by Gasteiger charge is -2.23. The Kier molecular flexibility index (Phi) is 5.32. The molecule has 1 N–H and O–H groups in total. The van der Waals surface area contributed by atoms with Crippen molar-refractivity contribution in [3.8, 4) is 0 Å². The lowest BCUT2D eigenvalue weighted by Crippen LogP contribution is -2.46. The Balaban J connectivity index is 1.68. The van der Waals surface area contributed by atoms with Gasteiger partial charge in [0.2, 0.25) is 5.91 Å². The van der Waals surface area contributed by atoms with Crippen LogP contribution in [0.2, 0.25) is 0 Å². The van der Waals surface area contributed by atoms with Gasteiger partial charge < -0.3 is 5.32 Å². The molecule has 21 heavy (non-hydrogen) atoms. The molecule has 2 rings (SSSR count). The molecule has 0 spiro atoms. The molecule has 0 unspecified atom stereocenters. The Labute approximate surface area is 130 Å². The molecule has 1 fully saturated rings. The molecule has 1 aliphatic heterocycles. The average Bonchev–Trinajstić information content (AvgIpc) is 2.69. The van der Waals surface area contributed by atoms with Crippen LogP contribution in [0.15, 0.2) is 35.2 Å². The van der Waals surface area contributed by atoms with Crippen LogP contribution in [0.4, 0.5) is 0 Å². The van der Waals surface area contributed by atoms with Gasteiger partial charge in [0.15, 0.2) is 9.84 Å². The Morgan fingerprint density at radius 1 is 1.33 bits per heavy atom. The van der Waals surface area contributed by atoms with Crippen molar-refractivity contribution < 1.29 is 13.2 Å². The van der Waals surface area contributed by atoms with Crippen molar-refractivity contribution in [2.24, 2.45) is 0 Å². The molecule has 116 valence electrons. The standard InChI is InChI=1S/C15H21NO3S2/c1-15(9-11-21(18,19)12-15)16-14(17)8-5-10-20-13-6-3-2-4-7-13/h2-4,6-7H,5,8-12H2,1H3,(H,16,17)/t15-/m0/s1. The molecule has 1 heterocycles. The number of amides is 1. The van der Waals surface area contributed by atoms with Crippen molar-refractivity contribution >= 4 is 27.5 Å². The fourth-order valence-electron chi connectivity index (χ4n) is 2.45. The molecular formula is C15H21NO3S2. The van der Waals surface area contributed by atoms with Crippen molar-refractivity contribution in [1.82, 2.24) is 5.32 Å². The van der Waals surface area contributed by atoms with Crippen LogP contribution in [-0.2, 0) is 14.6 Å². The average molecular weight is 327 g/mol. The van der Waals surface area contributed by atoms with Crippen LogP contribution < -0.4 is 5.32 Å². The highest BCUT2D eigenvalue weighted by atomic mass is 32.2. The van der Waals surface area contributed by atoms with E-state index in [0.717, 1.165) is 12.2 Å². The van der Waals surface area contributed by atoms with Gasteiger partial charge in [0, 0.05) is 11.3 Å². The van der Waals surface area contributed by atoms with Gasteiger partial charge in [0.05, 0.1) is 17.0 Å². The van der Waals surface area contributed by atoms with E-state index >= 15 is 0 Å². The number of carbonyl (C=O) groups excluding carboxylic acids is 1. The maximum Gasteiger partial charge on any atom is 0.220 e. The van der Waals surface area contributed by atoms with Crippen molar-refractivity contribution in [3.63, 3.8) is 0 Å². The summed E-state index contributed by atoms with van der Waals surface area (Å²) < 4.78 is 23.0. The third-order valence-electron chi connectivity index (χ3n) is 3.50. The van der Waals surface area contributed by atoms with Crippen LogP contribution in [-0.4, -0.2) is 37.1 Å². The molecule has 1 atom stereocenters. The number of carbonyl (C=O) groups is 1. The minimum Gasteiger partial charge on any atom is -0.350 e. The van der Waals surface area contributed by atoms with Crippen LogP contribution in [0.1, 0.15) is 26.2 Å². The highest BCUT2D eigenvalue weighted by molar-refractivity contribution is 7.99. The second-order valence-corrected chi connectivity index (χ2v) is 9.07. The Bertz CT molecular complexity index is 586. The Morgan fingerprint density at radius 3 is 2.67 bits per heavy atom. The summed E-state index contributed by atoms with van der Waals surface area (Å²) in [5.74, 6) is 1.06. The maximum atomic E-state index is 11.9. The first-order valence-corrected chi connectivity index (χ1v) is 9.89. The van der Waals surface area contributed by atoms with Crippen LogP contribution in [0.25, 0.3) is 0 Å². The molecule has 1 aromatic rings. The van der Waals surface area contributed by atoms with E-state index in [2.05, 4.69) is 17.4 Å².